The number of primary amides is 1. The number of aromatic nitrogens is 10. The van der Waals surface area contributed by atoms with Crippen LogP contribution in [0.15, 0.2) is 108 Å². The largest absolute Gasteiger partial charge is 0.384 e. The van der Waals surface area contributed by atoms with E-state index in [2.05, 4.69) is 118 Å². The van der Waals surface area contributed by atoms with E-state index in [1.54, 1.807) is 41.7 Å². The minimum Gasteiger partial charge on any atom is -0.384 e. The number of carbonyl (C=O) groups excluding carboxylic acids is 5. The quantitative estimate of drug-likeness (QED) is 0.0763. The van der Waals surface area contributed by atoms with Gasteiger partial charge in [0, 0.05) is 75.1 Å². The third-order valence-electron chi connectivity index (χ3n) is 17.3. The second-order valence-electron chi connectivity index (χ2n) is 23.5. The van der Waals surface area contributed by atoms with E-state index < -0.39 is 28.5 Å². The number of nitrogens with two attached hydrogens (primary N) is 2. The van der Waals surface area contributed by atoms with Gasteiger partial charge >= 0.3 is 0 Å². The number of rotatable bonds is 5. The Hall–Kier alpha value is -10.1. The van der Waals surface area contributed by atoms with Crippen LogP contribution in [0.4, 0.5) is 28.8 Å². The molecule has 1 saturated heterocycles. The number of hydrogen-bond acceptors (Lipinski definition) is 23. The number of hydrogen-bond donors (Lipinski definition) is 8. The van der Waals surface area contributed by atoms with Crippen LogP contribution >= 0.6 is 78.3 Å². The third-order valence-corrected chi connectivity index (χ3v) is 19.6. The van der Waals surface area contributed by atoms with Crippen LogP contribution in [0.25, 0.3) is 0 Å². The summed E-state index contributed by atoms with van der Waals surface area (Å²) in [6.45, 7) is 0.897. The van der Waals surface area contributed by atoms with Crippen molar-refractivity contribution in [1.29, 1.82) is 21.0 Å². The standard InChI is InChI=1S/C17H15ClN6O2.C16H14ClN7O2.C13H11BrClN3O2.C7H9NO.C6H4BrClN2O2.C4H5N3/c18-11-7-12(22-13-3-6-20-9-21-13)16(26)24-14(11)15(25)23-17(24)4-1-10(8-19)2-5-17;17-10-7-11(21-12-1-4-19-9-20-12)15(26)24-13(10)14(25)22-16(24)2-5-23(8-18)6-3-16;14-8-5-9(15)10-11(19)17-13(18(10)12(8)20)3-1-7(6-16)2-4-13;8-5-6-1-3-7(9)4-2-6;7-2-1-3(8)4(5(9)11)10-6(2)12;5-4-1-2-6-3-7-4/h3,6-7,9-10H,1-2,4-5H2,(H,23,25)(H,20,21,22);1,4,7,9H,2-3,5-6H2,(H,22,25)(H,19,20,21);5,7H,1-4H2,(H,17,19);6H,1-4H2;1H,(H2,9,11)(H,10,12);1-3H,(H2,5,6,7). The molecule has 3 spiro atoms. The lowest BCUT2D eigenvalue weighted by Gasteiger charge is -2.38. The molecule has 0 atom stereocenters. The first-order valence-electron chi connectivity index (χ1n) is 30.6. The number of ketones is 1. The molecule has 4 fully saturated rings. The minimum atomic E-state index is -0.871. The summed E-state index contributed by atoms with van der Waals surface area (Å²) in [5, 5.41) is 50.9. The molecule has 37 heteroatoms. The number of nitrogen functional groups attached to an aromatic ring is 1. The molecule has 31 nitrogen and oxygen atoms in total. The number of H-pyrrole nitrogens is 1. The number of likely N-dealkylation sites (tertiary alicyclic amines) is 1. The Labute approximate surface area is 604 Å². The molecule has 11 heterocycles. The number of carbonyl (C=O) groups is 5. The van der Waals surface area contributed by atoms with Crippen molar-refractivity contribution in [2.45, 2.75) is 107 Å². The maximum atomic E-state index is 13.1. The number of amides is 4. The van der Waals surface area contributed by atoms with Gasteiger partial charge in [0.15, 0.2) is 6.19 Å². The lowest BCUT2D eigenvalue weighted by Crippen LogP contribution is -2.53. The summed E-state index contributed by atoms with van der Waals surface area (Å²) in [6, 6.07) is 17.2. The summed E-state index contributed by atoms with van der Waals surface area (Å²) < 4.78 is 4.95. The number of piperidine rings is 1. The van der Waals surface area contributed by atoms with Gasteiger partial charge in [0.25, 0.3) is 45.9 Å². The fraction of sp³-hybridized carbons (Fsp3) is 0.349. The highest BCUT2D eigenvalue weighted by Gasteiger charge is 2.50. The number of nitriles is 4. The lowest BCUT2D eigenvalue weighted by molar-refractivity contribution is -0.120. The van der Waals surface area contributed by atoms with Crippen molar-refractivity contribution in [1.82, 2.24) is 69.4 Å². The van der Waals surface area contributed by atoms with E-state index in [0.29, 0.717) is 118 Å². The first-order valence-corrected chi connectivity index (χ1v) is 33.7. The van der Waals surface area contributed by atoms with Crippen LogP contribution in [0, 0.1) is 63.2 Å². The number of pyridine rings is 4. The maximum Gasteiger partial charge on any atom is 0.276 e. The average Bonchev–Trinajstić information content (AvgIpc) is 1.60. The molecule has 0 bridgehead atoms. The van der Waals surface area contributed by atoms with Crippen molar-refractivity contribution in [3.63, 3.8) is 0 Å². The molecule has 4 amide bonds. The molecule has 7 aromatic heterocycles. The zero-order valence-corrected chi connectivity index (χ0v) is 58.6. The predicted molar refractivity (Wildman–Crippen MR) is 371 cm³/mol. The summed E-state index contributed by atoms with van der Waals surface area (Å²) in [6.07, 6.45) is 19.3. The van der Waals surface area contributed by atoms with Crippen molar-refractivity contribution in [2.24, 2.45) is 23.5 Å². The van der Waals surface area contributed by atoms with Gasteiger partial charge in [-0.2, -0.15) is 21.0 Å². The van der Waals surface area contributed by atoms with Crippen LogP contribution in [0.5, 0.6) is 0 Å². The lowest BCUT2D eigenvalue weighted by atomic mass is 9.82. The van der Waals surface area contributed by atoms with Crippen LogP contribution in [0.3, 0.4) is 0 Å². The first kappa shape index (κ1) is 74.1. The van der Waals surface area contributed by atoms with E-state index in [-0.39, 0.29) is 111 Å². The molecule has 3 saturated carbocycles. The molecule has 0 aromatic carbocycles. The fourth-order valence-corrected chi connectivity index (χ4v) is 14.3. The number of nitrogens with zero attached hydrogens (tertiary/aromatic N) is 14. The number of nitrogens with one attached hydrogen (secondary N) is 6. The number of aromatic amines is 1. The summed E-state index contributed by atoms with van der Waals surface area (Å²) in [4.78, 5) is 135. The van der Waals surface area contributed by atoms with Gasteiger partial charge in [0.05, 0.1) is 47.2 Å². The molecule has 7 aliphatic rings. The Balaban J connectivity index is 0.000000148. The molecular weight excluding hydrogens is 1510 g/mol. The van der Waals surface area contributed by atoms with E-state index in [4.69, 9.17) is 78.9 Å². The highest BCUT2D eigenvalue weighted by Crippen LogP contribution is 2.43. The van der Waals surface area contributed by atoms with E-state index in [9.17, 15) is 43.2 Å². The van der Waals surface area contributed by atoms with Crippen molar-refractivity contribution in [2.75, 3.05) is 29.5 Å². The highest BCUT2D eigenvalue weighted by molar-refractivity contribution is 9.10. The summed E-state index contributed by atoms with van der Waals surface area (Å²) >= 11 is 30.5. The molecule has 0 radical (unpaired) electrons. The van der Waals surface area contributed by atoms with E-state index in [0.717, 1.165) is 12.8 Å². The number of halogens is 6. The van der Waals surface area contributed by atoms with Gasteiger partial charge in [-0.3, -0.25) is 56.9 Å². The number of anilines is 5. The van der Waals surface area contributed by atoms with Crippen molar-refractivity contribution in [3.05, 3.63) is 173 Å². The van der Waals surface area contributed by atoms with Crippen molar-refractivity contribution >= 4 is 137 Å². The molecule has 7 aromatic rings. The van der Waals surface area contributed by atoms with Gasteiger partial charge < -0.3 is 47.9 Å². The minimum absolute atomic E-state index is 0.0140. The van der Waals surface area contributed by atoms with Gasteiger partial charge in [0.1, 0.15) is 93.4 Å². The Morgan fingerprint density at radius 1 is 0.540 bits per heavy atom. The summed E-state index contributed by atoms with van der Waals surface area (Å²) in [7, 11) is 0. The summed E-state index contributed by atoms with van der Waals surface area (Å²) in [5.74, 6) is -0.0245. The Morgan fingerprint density at radius 3 is 1.30 bits per heavy atom. The SMILES string of the molecule is N#CC1CCC(=O)CC1.N#CC1CCC2(CC1)NC(=O)c1c(Cl)cc(Br)c(=O)n12.N#CC1CCC2(CC1)NC(=O)c1c(Cl)cc(Nc3ccncn3)c(=O)n12.N#CN1CCC2(CC1)NC(=O)c1c(Cl)cc(Nc3ccncn3)c(=O)n12.NC(=O)c1[nH]c(=O)c(Br)cc1Cl.Nc1ccncn1. The molecule has 4 aliphatic heterocycles. The maximum absolute atomic E-state index is 13.1. The monoisotopic (exact) mass is 1560 g/mol. The predicted octanol–water partition coefficient (Wildman–Crippen LogP) is 7.75. The molecule has 10 N–H and O–H groups in total. The topological polar surface area (TPSA) is 472 Å². The van der Waals surface area contributed by atoms with Gasteiger partial charge in [-0.15, -0.1) is 0 Å². The molecular formula is C63H58Br2Cl4N22O9. The number of Topliss-reactive ketones (excluding diaryl/α,β-unsaturated/α-hetero) is 1. The third kappa shape index (κ3) is 16.4. The highest BCUT2D eigenvalue weighted by atomic mass is 79.9. The summed E-state index contributed by atoms with van der Waals surface area (Å²) in [5.41, 5.74) is 7.18. The van der Waals surface area contributed by atoms with Crippen molar-refractivity contribution < 1.29 is 24.0 Å². The second-order valence-corrected chi connectivity index (χ2v) is 26.9. The van der Waals surface area contributed by atoms with Gasteiger partial charge in [-0.25, -0.2) is 29.9 Å². The van der Waals surface area contributed by atoms with Crippen LogP contribution in [0.1, 0.15) is 132 Å². The van der Waals surface area contributed by atoms with Crippen LogP contribution in [-0.2, 0) is 21.8 Å². The van der Waals surface area contributed by atoms with Crippen LogP contribution < -0.4 is 60.3 Å². The second kappa shape index (κ2) is 32.2. The van der Waals surface area contributed by atoms with Crippen LogP contribution in [0.2, 0.25) is 20.1 Å². The average molecular weight is 1570 g/mol. The van der Waals surface area contributed by atoms with E-state index >= 15 is 0 Å². The smallest absolute Gasteiger partial charge is 0.276 e. The molecule has 516 valence electrons. The van der Waals surface area contributed by atoms with Gasteiger partial charge in [-0.1, -0.05) is 46.4 Å². The molecule has 0 unspecified atom stereocenters. The normalized spacial score (nSPS) is 20.1. The van der Waals surface area contributed by atoms with E-state index in [1.807, 2.05) is 0 Å². The molecule has 100 heavy (non-hydrogen) atoms. The Bertz CT molecular complexity index is 4580. The van der Waals surface area contributed by atoms with Gasteiger partial charge in [-0.05, 0) is 139 Å². The van der Waals surface area contributed by atoms with Crippen LogP contribution in [-0.4, -0.2) is 96.0 Å². The Kier molecular flexibility index (Phi) is 23.9. The van der Waals surface area contributed by atoms with Crippen molar-refractivity contribution in [3.8, 4) is 24.4 Å². The van der Waals surface area contributed by atoms with E-state index in [1.165, 1.54) is 56.9 Å². The zero-order chi connectivity index (χ0) is 72.2. The zero-order valence-electron chi connectivity index (χ0n) is 52.4. The number of fused-ring (bicyclic) bond motifs is 6. The van der Waals surface area contributed by atoms with Gasteiger partial charge in [0.2, 0.25) is 0 Å². The first-order chi connectivity index (χ1) is 47.8. The molecule has 3 aliphatic carbocycles. The molecule has 14 rings (SSSR count). The Morgan fingerprint density at radius 2 is 0.930 bits per heavy atom. The fourth-order valence-electron chi connectivity index (χ4n) is 12.2.